The summed E-state index contributed by atoms with van der Waals surface area (Å²) in [5, 5.41) is 2.14. The molecule has 0 spiro atoms. The second-order valence-electron chi connectivity index (χ2n) is 5.05. The van der Waals surface area contributed by atoms with Gasteiger partial charge in [-0.2, -0.15) is 0 Å². The Morgan fingerprint density at radius 2 is 1.75 bits per heavy atom. The molecule has 2 aromatic rings. The Morgan fingerprint density at radius 1 is 1.08 bits per heavy atom. The van der Waals surface area contributed by atoms with Crippen LogP contribution >= 0.6 is 0 Å². The molecule has 0 aliphatic heterocycles. The van der Waals surface area contributed by atoms with Gasteiger partial charge in [-0.1, -0.05) is 12.1 Å². The lowest BCUT2D eigenvalue weighted by atomic mass is 10.1. The van der Waals surface area contributed by atoms with E-state index in [1.807, 2.05) is 0 Å². The Bertz CT molecular complexity index is 758. The van der Waals surface area contributed by atoms with Crippen LogP contribution in [0.2, 0.25) is 0 Å². The average Bonchev–Trinajstić information content (AvgIpc) is 2.99. The van der Waals surface area contributed by atoms with Crippen molar-refractivity contribution >= 4 is 17.7 Å². The molecule has 126 valence electrons. The predicted octanol–water partition coefficient (Wildman–Crippen LogP) is 0.474. The Labute approximate surface area is 136 Å². The first-order valence-electron chi connectivity index (χ1n) is 7.10. The van der Waals surface area contributed by atoms with Crippen LogP contribution in [0.4, 0.5) is 4.39 Å². The molecule has 8 heteroatoms. The minimum absolute atomic E-state index is 0.0543. The zero-order valence-electron chi connectivity index (χ0n) is 12.6. The number of rotatable bonds is 7. The van der Waals surface area contributed by atoms with Crippen molar-refractivity contribution in [3.63, 3.8) is 0 Å². The second kappa shape index (κ2) is 7.40. The van der Waals surface area contributed by atoms with Gasteiger partial charge in [-0.25, -0.2) is 4.39 Å². The zero-order valence-corrected chi connectivity index (χ0v) is 12.6. The Hall–Kier alpha value is -3.16. The number of amides is 3. The Kier molecular flexibility index (Phi) is 5.31. The molecule has 1 aromatic carbocycles. The lowest BCUT2D eigenvalue weighted by Gasteiger charge is -2.11. The molecule has 0 saturated heterocycles. The van der Waals surface area contributed by atoms with E-state index < -0.39 is 29.6 Å². The van der Waals surface area contributed by atoms with Crippen LogP contribution in [0.5, 0.6) is 0 Å². The van der Waals surface area contributed by atoms with Crippen molar-refractivity contribution in [3.05, 3.63) is 48.0 Å². The van der Waals surface area contributed by atoms with Crippen LogP contribution in [-0.2, 0) is 20.8 Å². The van der Waals surface area contributed by atoms with Crippen LogP contribution in [0.1, 0.15) is 12.2 Å². The fourth-order valence-electron chi connectivity index (χ4n) is 2.07. The van der Waals surface area contributed by atoms with Crippen LogP contribution in [0, 0.1) is 5.82 Å². The summed E-state index contributed by atoms with van der Waals surface area (Å²) in [5.41, 5.74) is 10.2. The maximum atomic E-state index is 13.7. The lowest BCUT2D eigenvalue weighted by molar-refractivity contribution is -0.134. The van der Waals surface area contributed by atoms with Crippen LogP contribution in [-0.4, -0.2) is 23.8 Å². The van der Waals surface area contributed by atoms with E-state index in [0.717, 1.165) is 0 Å². The number of aryl methyl sites for hydroxylation is 1. The van der Waals surface area contributed by atoms with E-state index >= 15 is 0 Å². The van der Waals surface area contributed by atoms with Gasteiger partial charge in [-0.15, -0.1) is 0 Å². The highest BCUT2D eigenvalue weighted by atomic mass is 19.1. The molecule has 2 rings (SSSR count). The van der Waals surface area contributed by atoms with Gasteiger partial charge in [0, 0.05) is 12.8 Å². The van der Waals surface area contributed by atoms with E-state index in [0.29, 0.717) is 17.1 Å². The quantitative estimate of drug-likeness (QED) is 0.636. The van der Waals surface area contributed by atoms with Gasteiger partial charge in [-0.3, -0.25) is 14.4 Å². The topological polar surface area (TPSA) is 128 Å². The van der Waals surface area contributed by atoms with Crippen molar-refractivity contribution in [1.29, 1.82) is 0 Å². The average molecular weight is 333 g/mol. The summed E-state index contributed by atoms with van der Waals surface area (Å²) in [5.74, 6) is -2.26. The number of benzene rings is 1. The van der Waals surface area contributed by atoms with Gasteiger partial charge < -0.3 is 21.2 Å². The van der Waals surface area contributed by atoms with Crippen LogP contribution in [0.25, 0.3) is 11.3 Å². The molecule has 5 N–H and O–H groups in total. The summed E-state index contributed by atoms with van der Waals surface area (Å²) in [6, 6.07) is 7.81. The summed E-state index contributed by atoms with van der Waals surface area (Å²) in [6.45, 7) is 0. The first-order chi connectivity index (χ1) is 11.4. The van der Waals surface area contributed by atoms with Crippen LogP contribution in [0.3, 0.4) is 0 Å². The number of nitrogens with one attached hydrogen (secondary N) is 1. The molecule has 0 aliphatic rings. The monoisotopic (exact) mass is 333 g/mol. The smallest absolute Gasteiger partial charge is 0.249 e. The van der Waals surface area contributed by atoms with Crippen molar-refractivity contribution in [2.45, 2.75) is 18.9 Å². The first kappa shape index (κ1) is 17.2. The van der Waals surface area contributed by atoms with E-state index in [1.54, 1.807) is 30.3 Å². The molecule has 0 saturated carbocycles. The molecule has 7 nitrogen and oxygen atoms in total. The molecule has 24 heavy (non-hydrogen) atoms. The molecule has 1 aromatic heterocycles. The van der Waals surface area contributed by atoms with Gasteiger partial charge in [0.2, 0.25) is 17.7 Å². The summed E-state index contributed by atoms with van der Waals surface area (Å²) in [6.07, 6.45) is 0.145. The molecule has 0 unspecified atom stereocenters. The third-order valence-electron chi connectivity index (χ3n) is 3.27. The highest BCUT2D eigenvalue weighted by Gasteiger charge is 2.23. The maximum absolute atomic E-state index is 13.7. The van der Waals surface area contributed by atoms with Crippen molar-refractivity contribution in [2.24, 2.45) is 11.5 Å². The second-order valence-corrected chi connectivity index (χ2v) is 5.05. The van der Waals surface area contributed by atoms with E-state index in [4.69, 9.17) is 15.9 Å². The van der Waals surface area contributed by atoms with E-state index in [9.17, 15) is 18.8 Å². The van der Waals surface area contributed by atoms with Gasteiger partial charge in [0.1, 0.15) is 17.3 Å². The fourth-order valence-corrected chi connectivity index (χ4v) is 2.07. The number of nitrogens with two attached hydrogens (primary N) is 2. The Balaban J connectivity index is 1.96. The summed E-state index contributed by atoms with van der Waals surface area (Å²) < 4.78 is 19.2. The van der Waals surface area contributed by atoms with Gasteiger partial charge in [0.05, 0.1) is 5.56 Å². The minimum atomic E-state index is -1.55. The van der Waals surface area contributed by atoms with Crippen molar-refractivity contribution in [1.82, 2.24) is 5.32 Å². The Morgan fingerprint density at radius 3 is 2.38 bits per heavy atom. The molecule has 0 aliphatic carbocycles. The first-order valence-corrected chi connectivity index (χ1v) is 7.10. The highest BCUT2D eigenvalue weighted by molar-refractivity contribution is 6.05. The normalized spacial score (nSPS) is 10.6. The number of furan rings is 1. The van der Waals surface area contributed by atoms with Crippen LogP contribution in [0.15, 0.2) is 40.8 Å². The zero-order chi connectivity index (χ0) is 17.7. The third-order valence-corrected chi connectivity index (χ3v) is 3.27. The number of halogens is 1. The molecule has 3 amide bonds. The third kappa shape index (κ3) is 4.19. The maximum Gasteiger partial charge on any atom is 0.249 e. The fraction of sp³-hybridized carbons (Fsp3) is 0.188. The SMILES string of the molecule is NC(=O)C(NC(=O)CCc1ccc(-c2ccccc2F)o1)C(N)=O. The largest absolute Gasteiger partial charge is 0.461 e. The number of carbonyl (C=O) groups is 3. The molecule has 0 radical (unpaired) electrons. The van der Waals surface area contributed by atoms with E-state index in [-0.39, 0.29) is 12.8 Å². The standard InChI is InChI=1S/C16H16FN3O4/c17-11-4-2-1-3-10(11)12-7-5-9(24-12)6-8-13(21)20-14(15(18)22)16(19)23/h1-5,7,14H,6,8H2,(H2,18,22)(H2,19,23)(H,20,21). The van der Waals surface area contributed by atoms with Crippen LogP contribution < -0.4 is 16.8 Å². The van der Waals surface area contributed by atoms with Crippen molar-refractivity contribution in [2.75, 3.05) is 0 Å². The molecule has 0 bridgehead atoms. The van der Waals surface area contributed by atoms with Gasteiger partial charge in [0.25, 0.3) is 0 Å². The van der Waals surface area contributed by atoms with Crippen molar-refractivity contribution in [3.8, 4) is 11.3 Å². The van der Waals surface area contributed by atoms with Crippen molar-refractivity contribution < 1.29 is 23.2 Å². The molecular weight excluding hydrogens is 317 g/mol. The van der Waals surface area contributed by atoms with Gasteiger partial charge in [-0.05, 0) is 24.3 Å². The molecule has 0 fully saturated rings. The van der Waals surface area contributed by atoms with E-state index in [2.05, 4.69) is 5.32 Å². The number of carbonyl (C=O) groups excluding carboxylic acids is 3. The van der Waals surface area contributed by atoms with Gasteiger partial charge in [0.15, 0.2) is 6.04 Å². The highest BCUT2D eigenvalue weighted by Crippen LogP contribution is 2.25. The summed E-state index contributed by atoms with van der Waals surface area (Å²) >= 11 is 0. The number of primary amides is 2. The molecule has 0 atom stereocenters. The lowest BCUT2D eigenvalue weighted by Crippen LogP contribution is -2.52. The number of hydrogen-bond acceptors (Lipinski definition) is 4. The van der Waals surface area contributed by atoms with Gasteiger partial charge >= 0.3 is 0 Å². The predicted molar refractivity (Wildman–Crippen MR) is 82.7 cm³/mol. The molecular formula is C16H16FN3O4. The molecule has 1 heterocycles. The summed E-state index contributed by atoms with van der Waals surface area (Å²) in [7, 11) is 0. The minimum Gasteiger partial charge on any atom is -0.461 e. The van der Waals surface area contributed by atoms with E-state index in [1.165, 1.54) is 6.07 Å². The summed E-state index contributed by atoms with van der Waals surface area (Å²) in [4.78, 5) is 33.7. The number of hydrogen-bond donors (Lipinski definition) is 3.